The van der Waals surface area contributed by atoms with E-state index in [9.17, 15) is 4.79 Å². The highest BCUT2D eigenvalue weighted by Gasteiger charge is 2.09. The summed E-state index contributed by atoms with van der Waals surface area (Å²) >= 11 is 1.61. The summed E-state index contributed by atoms with van der Waals surface area (Å²) in [7, 11) is 0. The standard InChI is InChI=1S/C19H23N5OS/c1-13-4-5-17-16(8-13)14(2)9-19(23-17)26-7-6-18(25)22-15(3)10-24-12-20-11-21-24/h4-5,8-9,11-12,15H,6-7,10H2,1-3H3,(H,22,25). The van der Waals surface area contributed by atoms with Gasteiger partial charge in [-0.15, -0.1) is 11.8 Å². The summed E-state index contributed by atoms with van der Waals surface area (Å²) in [6.07, 6.45) is 3.60. The maximum absolute atomic E-state index is 12.1. The van der Waals surface area contributed by atoms with E-state index in [1.54, 1.807) is 22.8 Å². The van der Waals surface area contributed by atoms with E-state index < -0.39 is 0 Å². The maximum atomic E-state index is 12.1. The molecule has 26 heavy (non-hydrogen) atoms. The Morgan fingerprint density at radius 3 is 2.92 bits per heavy atom. The first-order chi connectivity index (χ1) is 12.5. The van der Waals surface area contributed by atoms with Crippen LogP contribution in [0, 0.1) is 13.8 Å². The third-order valence-corrected chi connectivity index (χ3v) is 4.97. The molecule has 1 atom stereocenters. The lowest BCUT2D eigenvalue weighted by Crippen LogP contribution is -2.35. The molecule has 0 aliphatic rings. The molecular weight excluding hydrogens is 346 g/mol. The fourth-order valence-corrected chi connectivity index (χ4v) is 3.72. The number of fused-ring (bicyclic) bond motifs is 1. The van der Waals surface area contributed by atoms with Gasteiger partial charge in [0.05, 0.1) is 17.1 Å². The van der Waals surface area contributed by atoms with E-state index >= 15 is 0 Å². The van der Waals surface area contributed by atoms with Crippen LogP contribution in [0.2, 0.25) is 0 Å². The first-order valence-electron chi connectivity index (χ1n) is 8.64. The van der Waals surface area contributed by atoms with Crippen molar-refractivity contribution in [1.29, 1.82) is 0 Å². The van der Waals surface area contributed by atoms with E-state index in [1.165, 1.54) is 22.8 Å². The van der Waals surface area contributed by atoms with Crippen LogP contribution in [0.25, 0.3) is 10.9 Å². The number of carbonyl (C=O) groups is 1. The van der Waals surface area contributed by atoms with Gasteiger partial charge in [0, 0.05) is 23.6 Å². The minimum absolute atomic E-state index is 0.0125. The minimum Gasteiger partial charge on any atom is -0.352 e. The topological polar surface area (TPSA) is 72.7 Å². The quantitative estimate of drug-likeness (QED) is 0.648. The van der Waals surface area contributed by atoms with Gasteiger partial charge in [0.2, 0.25) is 5.91 Å². The molecule has 0 aliphatic carbocycles. The van der Waals surface area contributed by atoms with Crippen molar-refractivity contribution in [2.45, 2.75) is 44.8 Å². The molecule has 3 rings (SSSR count). The van der Waals surface area contributed by atoms with Gasteiger partial charge < -0.3 is 5.32 Å². The van der Waals surface area contributed by atoms with Crippen LogP contribution in [-0.4, -0.2) is 37.5 Å². The van der Waals surface area contributed by atoms with E-state index in [1.807, 2.05) is 6.92 Å². The average molecular weight is 369 g/mol. The Kier molecular flexibility index (Phi) is 5.88. The molecule has 0 saturated carbocycles. The Morgan fingerprint density at radius 2 is 2.15 bits per heavy atom. The minimum atomic E-state index is 0.0125. The predicted molar refractivity (Wildman–Crippen MR) is 104 cm³/mol. The summed E-state index contributed by atoms with van der Waals surface area (Å²) in [5.74, 6) is 0.740. The van der Waals surface area contributed by atoms with Gasteiger partial charge in [-0.25, -0.2) is 9.97 Å². The molecule has 0 bridgehead atoms. The lowest BCUT2D eigenvalue weighted by atomic mass is 10.1. The zero-order valence-electron chi connectivity index (χ0n) is 15.3. The highest BCUT2D eigenvalue weighted by molar-refractivity contribution is 7.99. The summed E-state index contributed by atoms with van der Waals surface area (Å²) < 4.78 is 1.71. The number of rotatable bonds is 7. The Bertz CT molecular complexity index is 894. The summed E-state index contributed by atoms with van der Waals surface area (Å²) in [5.41, 5.74) is 3.45. The molecule has 2 aromatic heterocycles. The Hall–Kier alpha value is -2.41. The maximum Gasteiger partial charge on any atom is 0.221 e. The van der Waals surface area contributed by atoms with E-state index in [0.717, 1.165) is 10.5 Å². The number of amides is 1. The predicted octanol–water partition coefficient (Wildman–Crippen LogP) is 3.13. The molecule has 2 heterocycles. The van der Waals surface area contributed by atoms with Crippen molar-refractivity contribution >= 4 is 28.6 Å². The molecule has 0 spiro atoms. The second kappa shape index (κ2) is 8.31. The van der Waals surface area contributed by atoms with E-state index in [2.05, 4.69) is 53.5 Å². The van der Waals surface area contributed by atoms with Crippen LogP contribution in [0.4, 0.5) is 0 Å². The zero-order chi connectivity index (χ0) is 18.5. The molecular formula is C19H23N5OS. The number of hydrogen-bond donors (Lipinski definition) is 1. The molecule has 6 nitrogen and oxygen atoms in total. The number of benzene rings is 1. The summed E-state index contributed by atoms with van der Waals surface area (Å²) in [5, 5.41) is 9.19. The van der Waals surface area contributed by atoms with Crippen molar-refractivity contribution in [2.24, 2.45) is 0 Å². The van der Waals surface area contributed by atoms with Gasteiger partial charge in [-0.3, -0.25) is 9.48 Å². The van der Waals surface area contributed by atoms with Gasteiger partial charge >= 0.3 is 0 Å². The van der Waals surface area contributed by atoms with Crippen molar-refractivity contribution in [1.82, 2.24) is 25.1 Å². The molecule has 3 aromatic rings. The summed E-state index contributed by atoms with van der Waals surface area (Å²) in [4.78, 5) is 20.7. The van der Waals surface area contributed by atoms with Crippen LogP contribution in [0.5, 0.6) is 0 Å². The lowest BCUT2D eigenvalue weighted by molar-refractivity contribution is -0.121. The van der Waals surface area contributed by atoms with E-state index in [4.69, 9.17) is 4.98 Å². The Morgan fingerprint density at radius 1 is 1.31 bits per heavy atom. The van der Waals surface area contributed by atoms with Crippen molar-refractivity contribution in [3.63, 3.8) is 0 Å². The summed E-state index contributed by atoms with van der Waals surface area (Å²) in [6, 6.07) is 8.40. The molecule has 0 fully saturated rings. The second-order valence-electron chi connectivity index (χ2n) is 6.48. The fraction of sp³-hybridized carbons (Fsp3) is 0.368. The molecule has 0 saturated heterocycles. The highest BCUT2D eigenvalue weighted by atomic mass is 32.2. The van der Waals surface area contributed by atoms with Crippen molar-refractivity contribution in [3.8, 4) is 0 Å². The lowest BCUT2D eigenvalue weighted by Gasteiger charge is -2.13. The van der Waals surface area contributed by atoms with Gasteiger partial charge in [-0.1, -0.05) is 11.6 Å². The Balaban J connectivity index is 1.50. The molecule has 1 unspecified atom stereocenters. The van der Waals surface area contributed by atoms with Gasteiger partial charge in [0.25, 0.3) is 0 Å². The number of aryl methyl sites for hydroxylation is 2. The summed E-state index contributed by atoms with van der Waals surface area (Å²) in [6.45, 7) is 6.77. The van der Waals surface area contributed by atoms with E-state index in [0.29, 0.717) is 18.7 Å². The second-order valence-corrected chi connectivity index (χ2v) is 7.60. The highest BCUT2D eigenvalue weighted by Crippen LogP contribution is 2.24. The molecule has 7 heteroatoms. The fourth-order valence-electron chi connectivity index (χ4n) is 2.80. The first kappa shape index (κ1) is 18.4. The van der Waals surface area contributed by atoms with Crippen LogP contribution < -0.4 is 5.32 Å². The van der Waals surface area contributed by atoms with Crippen molar-refractivity contribution < 1.29 is 4.79 Å². The number of nitrogens with zero attached hydrogens (tertiary/aromatic N) is 4. The van der Waals surface area contributed by atoms with E-state index in [-0.39, 0.29) is 11.9 Å². The first-order valence-corrected chi connectivity index (χ1v) is 9.62. The molecule has 136 valence electrons. The molecule has 0 aliphatic heterocycles. The van der Waals surface area contributed by atoms with Crippen LogP contribution >= 0.6 is 11.8 Å². The van der Waals surface area contributed by atoms with Crippen LogP contribution in [0.1, 0.15) is 24.5 Å². The monoisotopic (exact) mass is 369 g/mol. The SMILES string of the molecule is Cc1ccc2nc(SCCC(=O)NC(C)Cn3cncn3)cc(C)c2c1. The zero-order valence-corrected chi connectivity index (χ0v) is 16.1. The Labute approximate surface area is 157 Å². The van der Waals surface area contributed by atoms with Crippen LogP contribution in [0.15, 0.2) is 41.9 Å². The normalized spacial score (nSPS) is 12.3. The third kappa shape index (κ3) is 4.82. The number of aromatic nitrogens is 4. The number of carbonyl (C=O) groups excluding carboxylic acids is 1. The van der Waals surface area contributed by atoms with Crippen molar-refractivity contribution in [3.05, 3.63) is 48.0 Å². The largest absolute Gasteiger partial charge is 0.352 e. The van der Waals surface area contributed by atoms with Crippen LogP contribution in [0.3, 0.4) is 0 Å². The number of pyridine rings is 1. The molecule has 1 amide bonds. The van der Waals surface area contributed by atoms with Crippen molar-refractivity contribution in [2.75, 3.05) is 5.75 Å². The number of nitrogens with one attached hydrogen (secondary N) is 1. The average Bonchev–Trinajstić information content (AvgIpc) is 3.08. The van der Waals surface area contributed by atoms with Gasteiger partial charge in [-0.05, 0) is 44.5 Å². The van der Waals surface area contributed by atoms with Gasteiger partial charge in [0.15, 0.2) is 0 Å². The molecule has 1 aromatic carbocycles. The number of thioether (sulfide) groups is 1. The van der Waals surface area contributed by atoms with Crippen LogP contribution in [-0.2, 0) is 11.3 Å². The number of hydrogen-bond acceptors (Lipinski definition) is 5. The third-order valence-electron chi connectivity index (χ3n) is 4.06. The van der Waals surface area contributed by atoms with Gasteiger partial charge in [-0.2, -0.15) is 5.10 Å². The smallest absolute Gasteiger partial charge is 0.221 e. The van der Waals surface area contributed by atoms with Gasteiger partial charge in [0.1, 0.15) is 12.7 Å². The molecule has 1 N–H and O–H groups in total. The molecule has 0 radical (unpaired) electrons.